The quantitative estimate of drug-likeness (QED) is 0.804. The van der Waals surface area contributed by atoms with Gasteiger partial charge >= 0.3 is 6.03 Å². The van der Waals surface area contributed by atoms with E-state index in [1.807, 2.05) is 6.07 Å². The van der Waals surface area contributed by atoms with Crippen LogP contribution in [0.25, 0.3) is 0 Å². The van der Waals surface area contributed by atoms with Gasteiger partial charge < -0.3 is 15.4 Å². The average molecular weight is 317 g/mol. The lowest BCUT2D eigenvalue weighted by molar-refractivity contribution is 0.0387. The van der Waals surface area contributed by atoms with Crippen molar-refractivity contribution in [3.05, 3.63) is 35.9 Å². The zero-order chi connectivity index (χ0) is 15.9. The molecule has 0 bridgehead atoms. The summed E-state index contributed by atoms with van der Waals surface area (Å²) in [4.78, 5) is 14.5. The first-order valence-electron chi connectivity index (χ1n) is 8.69. The summed E-state index contributed by atoms with van der Waals surface area (Å²) >= 11 is 0. The maximum atomic E-state index is 12.2. The average Bonchev–Trinajstić information content (AvgIpc) is 3.41. The van der Waals surface area contributed by atoms with Crippen molar-refractivity contribution in [2.24, 2.45) is 5.92 Å². The third-order valence-corrected chi connectivity index (χ3v) is 4.62. The molecule has 1 aliphatic carbocycles. The molecule has 5 nitrogen and oxygen atoms in total. The lowest BCUT2D eigenvalue weighted by atomic mass is 10.0. The Labute approximate surface area is 138 Å². The Balaban J connectivity index is 1.39. The van der Waals surface area contributed by atoms with Crippen LogP contribution >= 0.6 is 0 Å². The Kier molecular flexibility index (Phi) is 5.88. The molecule has 2 amide bonds. The van der Waals surface area contributed by atoms with Crippen LogP contribution in [0, 0.1) is 5.92 Å². The maximum absolute atomic E-state index is 12.2. The zero-order valence-electron chi connectivity index (χ0n) is 13.7. The van der Waals surface area contributed by atoms with E-state index in [1.165, 1.54) is 18.4 Å². The molecule has 1 saturated carbocycles. The molecule has 1 aromatic rings. The molecular formula is C18H27N3O2. The third-order valence-electron chi connectivity index (χ3n) is 4.62. The second-order valence-electron chi connectivity index (χ2n) is 6.49. The molecule has 1 aromatic carbocycles. The smallest absolute Gasteiger partial charge is 0.315 e. The highest BCUT2D eigenvalue weighted by Gasteiger charge is 2.32. The number of hydrogen-bond acceptors (Lipinski definition) is 3. The van der Waals surface area contributed by atoms with Gasteiger partial charge in [0.05, 0.1) is 13.2 Å². The maximum Gasteiger partial charge on any atom is 0.315 e. The first-order valence-corrected chi connectivity index (χ1v) is 8.69. The molecule has 1 unspecified atom stereocenters. The Morgan fingerprint density at radius 1 is 1.22 bits per heavy atom. The Morgan fingerprint density at radius 2 is 1.96 bits per heavy atom. The highest BCUT2D eigenvalue weighted by molar-refractivity contribution is 5.74. The van der Waals surface area contributed by atoms with Gasteiger partial charge in [0.15, 0.2) is 0 Å². The van der Waals surface area contributed by atoms with Crippen LogP contribution in [0.3, 0.4) is 0 Å². The van der Waals surface area contributed by atoms with E-state index in [4.69, 9.17) is 4.74 Å². The minimum atomic E-state index is -0.0360. The lowest BCUT2D eigenvalue weighted by Gasteiger charge is -2.26. The van der Waals surface area contributed by atoms with Gasteiger partial charge in [0.25, 0.3) is 0 Å². The first-order chi connectivity index (χ1) is 11.3. The van der Waals surface area contributed by atoms with Gasteiger partial charge in [0, 0.05) is 32.2 Å². The Morgan fingerprint density at radius 3 is 2.65 bits per heavy atom. The minimum Gasteiger partial charge on any atom is -0.379 e. The van der Waals surface area contributed by atoms with Crippen molar-refractivity contribution in [1.29, 1.82) is 0 Å². The van der Waals surface area contributed by atoms with Crippen LogP contribution in [0.2, 0.25) is 0 Å². The predicted molar refractivity (Wildman–Crippen MR) is 90.5 cm³/mol. The predicted octanol–water partition coefficient (Wildman–Crippen LogP) is 1.64. The van der Waals surface area contributed by atoms with Gasteiger partial charge in [-0.3, -0.25) is 4.90 Å². The number of urea groups is 1. The molecule has 23 heavy (non-hydrogen) atoms. The first kappa shape index (κ1) is 16.3. The summed E-state index contributed by atoms with van der Waals surface area (Å²) in [6.07, 6.45) is 3.37. The summed E-state index contributed by atoms with van der Waals surface area (Å²) in [7, 11) is 0. The standard InChI is InChI=1S/C18H27N3O2/c22-18(19-8-9-21-10-12-23-13-11-21)20-17(16-6-7-16)14-15-4-2-1-3-5-15/h1-5,16-17H,6-14H2,(H2,19,20,22). The van der Waals surface area contributed by atoms with Crippen molar-refractivity contribution in [1.82, 2.24) is 15.5 Å². The SMILES string of the molecule is O=C(NCCN1CCOCC1)NC(Cc1ccccc1)C1CC1. The number of carbonyl (C=O) groups is 1. The van der Waals surface area contributed by atoms with Crippen molar-refractivity contribution in [2.45, 2.75) is 25.3 Å². The van der Waals surface area contributed by atoms with Gasteiger partial charge in [-0.1, -0.05) is 30.3 Å². The molecule has 2 aliphatic rings. The van der Waals surface area contributed by atoms with E-state index in [2.05, 4.69) is 39.8 Å². The van der Waals surface area contributed by atoms with Crippen molar-refractivity contribution in [3.8, 4) is 0 Å². The lowest BCUT2D eigenvalue weighted by Crippen LogP contribution is -2.47. The van der Waals surface area contributed by atoms with Crippen molar-refractivity contribution >= 4 is 6.03 Å². The molecule has 1 saturated heterocycles. The molecule has 2 fully saturated rings. The topological polar surface area (TPSA) is 53.6 Å². The number of hydrogen-bond donors (Lipinski definition) is 2. The molecule has 5 heteroatoms. The van der Waals surface area contributed by atoms with Crippen LogP contribution in [0.5, 0.6) is 0 Å². The molecule has 1 aliphatic heterocycles. The third kappa shape index (κ3) is 5.52. The van der Waals surface area contributed by atoms with E-state index in [9.17, 15) is 4.79 Å². The van der Waals surface area contributed by atoms with Gasteiger partial charge in [-0.2, -0.15) is 0 Å². The molecule has 0 aromatic heterocycles. The molecular weight excluding hydrogens is 290 g/mol. The van der Waals surface area contributed by atoms with Crippen molar-refractivity contribution in [3.63, 3.8) is 0 Å². The van der Waals surface area contributed by atoms with Gasteiger partial charge in [-0.15, -0.1) is 0 Å². The fraction of sp³-hybridized carbons (Fsp3) is 0.611. The largest absolute Gasteiger partial charge is 0.379 e. The zero-order valence-corrected chi connectivity index (χ0v) is 13.7. The Hall–Kier alpha value is -1.59. The second kappa shape index (κ2) is 8.31. The van der Waals surface area contributed by atoms with E-state index in [1.54, 1.807) is 0 Å². The number of ether oxygens (including phenoxy) is 1. The number of nitrogens with one attached hydrogen (secondary N) is 2. The summed E-state index contributed by atoms with van der Waals surface area (Å²) in [6, 6.07) is 10.6. The summed E-state index contributed by atoms with van der Waals surface area (Å²) in [5, 5.41) is 6.17. The molecule has 3 rings (SSSR count). The van der Waals surface area contributed by atoms with Crippen LogP contribution in [0.1, 0.15) is 18.4 Å². The van der Waals surface area contributed by atoms with E-state index in [-0.39, 0.29) is 12.1 Å². The van der Waals surface area contributed by atoms with Crippen LogP contribution in [-0.2, 0) is 11.2 Å². The number of nitrogens with zero attached hydrogens (tertiary/aromatic N) is 1. The summed E-state index contributed by atoms with van der Waals surface area (Å²) in [6.45, 7) is 5.10. The fourth-order valence-corrected chi connectivity index (χ4v) is 3.07. The van der Waals surface area contributed by atoms with Gasteiger partial charge in [-0.25, -0.2) is 4.79 Å². The highest BCUT2D eigenvalue weighted by Crippen LogP contribution is 2.34. The van der Waals surface area contributed by atoms with E-state index in [0.717, 1.165) is 39.3 Å². The summed E-state index contributed by atoms with van der Waals surface area (Å²) in [5.74, 6) is 0.639. The van der Waals surface area contributed by atoms with Crippen LogP contribution in [-0.4, -0.2) is 56.4 Å². The number of rotatable bonds is 7. The fourth-order valence-electron chi connectivity index (χ4n) is 3.07. The van der Waals surface area contributed by atoms with Crippen LogP contribution in [0.15, 0.2) is 30.3 Å². The number of amides is 2. The van der Waals surface area contributed by atoms with Crippen molar-refractivity contribution in [2.75, 3.05) is 39.4 Å². The summed E-state index contributed by atoms with van der Waals surface area (Å²) in [5.41, 5.74) is 1.29. The van der Waals surface area contributed by atoms with E-state index in [0.29, 0.717) is 12.5 Å². The number of morpholine rings is 1. The second-order valence-corrected chi connectivity index (χ2v) is 6.49. The van der Waals surface area contributed by atoms with Crippen LogP contribution in [0.4, 0.5) is 4.79 Å². The van der Waals surface area contributed by atoms with E-state index >= 15 is 0 Å². The highest BCUT2D eigenvalue weighted by atomic mass is 16.5. The monoisotopic (exact) mass is 317 g/mol. The van der Waals surface area contributed by atoms with Gasteiger partial charge in [-0.05, 0) is 30.7 Å². The van der Waals surface area contributed by atoms with E-state index < -0.39 is 0 Å². The summed E-state index contributed by atoms with van der Waals surface area (Å²) < 4.78 is 5.33. The Bertz CT molecular complexity index is 484. The molecule has 1 heterocycles. The minimum absolute atomic E-state index is 0.0360. The van der Waals surface area contributed by atoms with Crippen LogP contribution < -0.4 is 10.6 Å². The molecule has 0 spiro atoms. The molecule has 126 valence electrons. The molecule has 0 radical (unpaired) electrons. The number of carbonyl (C=O) groups excluding carboxylic acids is 1. The van der Waals surface area contributed by atoms with Gasteiger partial charge in [0.1, 0.15) is 0 Å². The van der Waals surface area contributed by atoms with Gasteiger partial charge in [0.2, 0.25) is 0 Å². The number of benzene rings is 1. The van der Waals surface area contributed by atoms with Crippen molar-refractivity contribution < 1.29 is 9.53 Å². The molecule has 2 N–H and O–H groups in total. The molecule has 1 atom stereocenters. The normalized spacial score (nSPS) is 20.0.